The number of rotatable bonds is 3. The van der Waals surface area contributed by atoms with Gasteiger partial charge in [0.15, 0.2) is 0 Å². The summed E-state index contributed by atoms with van der Waals surface area (Å²) in [6, 6.07) is 14.5. The van der Waals surface area contributed by atoms with Crippen molar-refractivity contribution in [3.63, 3.8) is 0 Å². The number of ether oxygens (including phenoxy) is 1. The molecule has 0 aliphatic carbocycles. The fourth-order valence-corrected chi connectivity index (χ4v) is 3.79. The topological polar surface area (TPSA) is 66.5 Å². The van der Waals surface area contributed by atoms with Crippen LogP contribution < -0.4 is 15.6 Å². The Morgan fingerprint density at radius 2 is 2.04 bits per heavy atom. The molecular weight excluding hydrogens is 316 g/mol. The lowest BCUT2D eigenvalue weighted by atomic mass is 9.85. The molecule has 1 aromatic carbocycles. The van der Waals surface area contributed by atoms with Crippen LogP contribution >= 0.6 is 0 Å². The fourth-order valence-electron chi connectivity index (χ4n) is 3.79. The summed E-state index contributed by atoms with van der Waals surface area (Å²) in [5.41, 5.74) is 8.68. The lowest BCUT2D eigenvalue weighted by Crippen LogP contribution is -2.47. The summed E-state index contributed by atoms with van der Waals surface area (Å²) in [6.07, 6.45) is 2.53. The minimum absolute atomic E-state index is 0.0346. The summed E-state index contributed by atoms with van der Waals surface area (Å²) in [4.78, 5) is 18.9. The highest BCUT2D eigenvalue weighted by Crippen LogP contribution is 2.34. The smallest absolute Gasteiger partial charge is 0.255 e. The van der Waals surface area contributed by atoms with E-state index in [1.807, 2.05) is 11.0 Å². The molecule has 0 spiro atoms. The Labute approximate surface area is 147 Å². The average molecular weight is 338 g/mol. The summed E-state index contributed by atoms with van der Waals surface area (Å²) < 4.78 is 5.06. The second-order valence-corrected chi connectivity index (χ2v) is 6.58. The van der Waals surface area contributed by atoms with Gasteiger partial charge in [-0.15, -0.1) is 0 Å². The highest BCUT2D eigenvalue weighted by molar-refractivity contribution is 5.94. The third-order valence-electron chi connectivity index (χ3n) is 5.15. The van der Waals surface area contributed by atoms with Gasteiger partial charge in [0.25, 0.3) is 5.91 Å². The Kier molecular flexibility index (Phi) is 4.38. The van der Waals surface area contributed by atoms with Crippen molar-refractivity contribution < 1.29 is 9.53 Å². The molecule has 3 unspecified atom stereocenters. The Hall–Kier alpha value is -2.44. The number of hydrazine groups is 1. The first-order valence-corrected chi connectivity index (χ1v) is 8.61. The van der Waals surface area contributed by atoms with E-state index in [2.05, 4.69) is 40.1 Å². The molecule has 130 valence electrons. The lowest BCUT2D eigenvalue weighted by Gasteiger charge is -2.36. The number of carbonyl (C=O) groups is 1. The highest BCUT2D eigenvalue weighted by Gasteiger charge is 2.41. The molecule has 2 aromatic rings. The molecule has 2 fully saturated rings. The van der Waals surface area contributed by atoms with E-state index in [0.717, 1.165) is 19.5 Å². The average Bonchev–Trinajstić information content (AvgIpc) is 3.11. The van der Waals surface area contributed by atoms with E-state index in [1.165, 1.54) is 5.56 Å². The van der Waals surface area contributed by atoms with Gasteiger partial charge in [-0.3, -0.25) is 10.2 Å². The second kappa shape index (κ2) is 6.82. The van der Waals surface area contributed by atoms with E-state index in [-0.39, 0.29) is 11.9 Å². The van der Waals surface area contributed by atoms with Gasteiger partial charge in [0.05, 0.1) is 18.7 Å². The van der Waals surface area contributed by atoms with Crippen molar-refractivity contribution in [2.24, 2.45) is 5.92 Å². The number of likely N-dealkylation sites (tertiary alicyclic amines) is 1. The van der Waals surface area contributed by atoms with Crippen LogP contribution in [0.2, 0.25) is 0 Å². The molecule has 0 radical (unpaired) electrons. The van der Waals surface area contributed by atoms with Crippen molar-refractivity contribution in [3.8, 4) is 5.88 Å². The van der Waals surface area contributed by atoms with E-state index in [1.54, 1.807) is 25.4 Å². The molecule has 3 heterocycles. The number of aromatic nitrogens is 1. The fraction of sp³-hybridized carbons (Fsp3) is 0.368. The molecular formula is C19H22N4O2. The summed E-state index contributed by atoms with van der Waals surface area (Å²) in [5.74, 6) is 0.905. The van der Waals surface area contributed by atoms with Gasteiger partial charge in [-0.05, 0) is 18.1 Å². The zero-order chi connectivity index (χ0) is 17.2. The molecule has 25 heavy (non-hydrogen) atoms. The van der Waals surface area contributed by atoms with E-state index in [4.69, 9.17) is 4.74 Å². The van der Waals surface area contributed by atoms with E-state index in [9.17, 15) is 4.79 Å². The number of methoxy groups -OCH3 is 1. The Morgan fingerprint density at radius 1 is 1.20 bits per heavy atom. The molecule has 6 heteroatoms. The first-order chi connectivity index (χ1) is 12.3. The van der Waals surface area contributed by atoms with Crippen molar-refractivity contribution in [1.82, 2.24) is 20.7 Å². The number of carbonyl (C=O) groups excluding carboxylic acids is 1. The maximum atomic E-state index is 12.8. The molecule has 2 aliphatic heterocycles. The van der Waals surface area contributed by atoms with E-state index < -0.39 is 0 Å². The molecule has 2 N–H and O–H groups in total. The predicted octanol–water partition coefficient (Wildman–Crippen LogP) is 1.77. The third-order valence-corrected chi connectivity index (χ3v) is 5.15. The van der Waals surface area contributed by atoms with Crippen molar-refractivity contribution in [2.45, 2.75) is 18.5 Å². The van der Waals surface area contributed by atoms with Crippen LogP contribution in [0.3, 0.4) is 0 Å². The Morgan fingerprint density at radius 3 is 2.76 bits per heavy atom. The molecule has 0 bridgehead atoms. The highest BCUT2D eigenvalue weighted by atomic mass is 16.5. The summed E-state index contributed by atoms with van der Waals surface area (Å²) in [5, 5.41) is 0. The van der Waals surface area contributed by atoms with E-state index in [0.29, 0.717) is 23.4 Å². The second-order valence-electron chi connectivity index (χ2n) is 6.58. The van der Waals surface area contributed by atoms with Gasteiger partial charge in [-0.1, -0.05) is 30.3 Å². The third kappa shape index (κ3) is 3.10. The van der Waals surface area contributed by atoms with Crippen LogP contribution in [-0.2, 0) is 0 Å². The number of hydrogen-bond donors (Lipinski definition) is 2. The molecule has 2 saturated heterocycles. The molecule has 0 saturated carbocycles. The zero-order valence-electron chi connectivity index (χ0n) is 14.2. The normalized spacial score (nSPS) is 25.5. The van der Waals surface area contributed by atoms with Crippen molar-refractivity contribution in [2.75, 3.05) is 20.2 Å². The summed E-state index contributed by atoms with van der Waals surface area (Å²) >= 11 is 0. The van der Waals surface area contributed by atoms with Gasteiger partial charge in [-0.25, -0.2) is 10.4 Å². The maximum absolute atomic E-state index is 12.8. The van der Waals surface area contributed by atoms with Gasteiger partial charge >= 0.3 is 0 Å². The standard InChI is InChI=1S/C19H22N4O2/c1-25-17-8-7-14(11-20-17)19(24)23-10-9-16-15(12-23)18(22-21-16)13-5-3-2-4-6-13/h2-8,11,15-16,18,21-22H,9-10,12H2,1H3. The van der Waals surface area contributed by atoms with Crippen molar-refractivity contribution in [3.05, 3.63) is 59.8 Å². The zero-order valence-corrected chi connectivity index (χ0v) is 14.2. The lowest BCUT2D eigenvalue weighted by molar-refractivity contribution is 0.0652. The Balaban J connectivity index is 1.50. The maximum Gasteiger partial charge on any atom is 0.255 e. The van der Waals surface area contributed by atoms with Crippen LogP contribution in [0.4, 0.5) is 0 Å². The number of nitrogens with one attached hydrogen (secondary N) is 2. The molecule has 3 atom stereocenters. The number of pyridine rings is 1. The van der Waals surface area contributed by atoms with Crippen LogP contribution in [-0.4, -0.2) is 42.0 Å². The van der Waals surface area contributed by atoms with Crippen LogP contribution in [0, 0.1) is 5.92 Å². The summed E-state index contributed by atoms with van der Waals surface area (Å²) in [7, 11) is 1.57. The minimum atomic E-state index is 0.0346. The number of nitrogens with zero attached hydrogens (tertiary/aromatic N) is 2. The van der Waals surface area contributed by atoms with Crippen molar-refractivity contribution >= 4 is 5.91 Å². The minimum Gasteiger partial charge on any atom is -0.481 e. The largest absolute Gasteiger partial charge is 0.481 e. The van der Waals surface area contributed by atoms with Gasteiger partial charge in [0.2, 0.25) is 5.88 Å². The number of amides is 1. The van der Waals surface area contributed by atoms with Crippen molar-refractivity contribution in [1.29, 1.82) is 0 Å². The number of benzene rings is 1. The molecule has 4 rings (SSSR count). The molecule has 6 nitrogen and oxygen atoms in total. The molecule has 1 amide bonds. The van der Waals surface area contributed by atoms with Gasteiger partial charge in [0, 0.05) is 37.3 Å². The molecule has 2 aliphatic rings. The molecule has 1 aromatic heterocycles. The number of hydrogen-bond acceptors (Lipinski definition) is 5. The van der Waals surface area contributed by atoms with Crippen LogP contribution in [0.1, 0.15) is 28.4 Å². The van der Waals surface area contributed by atoms with Crippen LogP contribution in [0.25, 0.3) is 0 Å². The van der Waals surface area contributed by atoms with E-state index >= 15 is 0 Å². The first kappa shape index (κ1) is 16.1. The van der Waals surface area contributed by atoms with Gasteiger partial charge in [-0.2, -0.15) is 0 Å². The predicted molar refractivity (Wildman–Crippen MR) is 94.0 cm³/mol. The van der Waals surface area contributed by atoms with Crippen LogP contribution in [0.5, 0.6) is 5.88 Å². The quantitative estimate of drug-likeness (QED) is 0.893. The summed E-state index contributed by atoms with van der Waals surface area (Å²) in [6.45, 7) is 1.48. The van der Waals surface area contributed by atoms with Crippen LogP contribution in [0.15, 0.2) is 48.7 Å². The Bertz CT molecular complexity index is 735. The monoisotopic (exact) mass is 338 g/mol. The number of piperidine rings is 1. The SMILES string of the molecule is COc1ccc(C(=O)N2CCC3NNC(c4ccccc4)C3C2)cn1. The number of fused-ring (bicyclic) bond motifs is 1. The van der Waals surface area contributed by atoms with Gasteiger partial charge < -0.3 is 9.64 Å². The first-order valence-electron chi connectivity index (χ1n) is 8.61. The van der Waals surface area contributed by atoms with Gasteiger partial charge in [0.1, 0.15) is 0 Å².